The number of hydrogen-bond acceptors (Lipinski definition) is 11. The lowest BCUT2D eigenvalue weighted by Crippen LogP contribution is -2.60. The van der Waals surface area contributed by atoms with Crippen LogP contribution in [0.3, 0.4) is 0 Å². The normalized spacial score (nSPS) is 37.0. The minimum absolute atomic E-state index is 0.0550. The van der Waals surface area contributed by atoms with Gasteiger partial charge in [0.05, 0.1) is 13.2 Å². The maximum atomic E-state index is 11.0. The monoisotopic (exact) mass is 342 g/mol. The van der Waals surface area contributed by atoms with Crippen molar-refractivity contribution in [2.75, 3.05) is 13.2 Å². The first-order chi connectivity index (χ1) is 10.8. The number of carbonyl (C=O) groups excluding carboxylic acids is 1. The van der Waals surface area contributed by atoms with Crippen molar-refractivity contribution in [1.29, 1.82) is 0 Å². The lowest BCUT2D eigenvalue weighted by Gasteiger charge is -2.41. The second-order valence-corrected chi connectivity index (χ2v) is 5.17. The highest BCUT2D eigenvalue weighted by Gasteiger charge is 2.46. The number of hydrogen-bond donors (Lipinski definition) is 8. The van der Waals surface area contributed by atoms with Crippen LogP contribution in [0.15, 0.2) is 0 Å². The fraction of sp³-hybridized carbons (Fsp3) is 0.917. The predicted octanol–water partition coefficient (Wildman–Crippen LogP) is -5.55. The van der Waals surface area contributed by atoms with E-state index in [1.807, 2.05) is 0 Å². The average Bonchev–Trinajstić information content (AvgIpc) is 2.57. The van der Waals surface area contributed by atoms with Gasteiger partial charge in [0.25, 0.3) is 0 Å². The molecule has 0 bridgehead atoms. The molecule has 11 nitrogen and oxygen atoms in total. The zero-order chi connectivity index (χ0) is 17.7. The standard InChI is InChI=1S/C12H22O11/c13-1-4(16)7(17)8(18)5(2-14)22-12-11(21)10(20)9(19)6(3-15)23-12/h2,4-13,15-21H,1,3H2/t4-,5-,6+,7-,8-,9+,10-,11+,12-/m0/s1. The van der Waals surface area contributed by atoms with E-state index in [9.17, 15) is 35.4 Å². The molecule has 0 aliphatic carbocycles. The molecule has 1 fully saturated rings. The van der Waals surface area contributed by atoms with Crippen molar-refractivity contribution in [2.24, 2.45) is 0 Å². The van der Waals surface area contributed by atoms with Crippen LogP contribution in [0.2, 0.25) is 0 Å². The smallest absolute Gasteiger partial charge is 0.187 e. The van der Waals surface area contributed by atoms with E-state index in [1.165, 1.54) is 0 Å². The lowest BCUT2D eigenvalue weighted by molar-refractivity contribution is -0.315. The Hall–Kier alpha value is -0.730. The Kier molecular flexibility index (Phi) is 7.89. The quantitative estimate of drug-likeness (QED) is 0.196. The first-order valence-electron chi connectivity index (χ1n) is 6.84. The maximum Gasteiger partial charge on any atom is 0.187 e. The summed E-state index contributed by atoms with van der Waals surface area (Å²) in [6.07, 6.45) is -15.5. The van der Waals surface area contributed by atoms with Gasteiger partial charge in [0.15, 0.2) is 12.6 Å². The summed E-state index contributed by atoms with van der Waals surface area (Å²) in [6.45, 7) is -1.60. The van der Waals surface area contributed by atoms with Crippen LogP contribution in [-0.2, 0) is 14.3 Å². The lowest BCUT2D eigenvalue weighted by atomic mass is 9.99. The van der Waals surface area contributed by atoms with Crippen molar-refractivity contribution in [2.45, 2.75) is 55.1 Å². The summed E-state index contributed by atoms with van der Waals surface area (Å²) in [7, 11) is 0. The summed E-state index contributed by atoms with van der Waals surface area (Å²) in [4.78, 5) is 11.0. The summed E-state index contributed by atoms with van der Waals surface area (Å²) < 4.78 is 9.94. The molecule has 11 heteroatoms. The molecule has 0 aromatic carbocycles. The van der Waals surface area contributed by atoms with Gasteiger partial charge in [0.2, 0.25) is 0 Å². The summed E-state index contributed by atoms with van der Waals surface area (Å²) in [5.74, 6) is 0. The van der Waals surface area contributed by atoms with Crippen LogP contribution >= 0.6 is 0 Å². The Balaban J connectivity index is 2.79. The summed E-state index contributed by atoms with van der Waals surface area (Å²) >= 11 is 0. The Labute approximate surface area is 130 Å². The van der Waals surface area contributed by atoms with Gasteiger partial charge >= 0.3 is 0 Å². The zero-order valence-corrected chi connectivity index (χ0v) is 12.0. The summed E-state index contributed by atoms with van der Waals surface area (Å²) in [6, 6.07) is 0. The van der Waals surface area contributed by atoms with Gasteiger partial charge in [0, 0.05) is 0 Å². The number of aldehydes is 1. The van der Waals surface area contributed by atoms with E-state index in [2.05, 4.69) is 0 Å². The number of aliphatic hydroxyl groups excluding tert-OH is 8. The highest BCUT2D eigenvalue weighted by molar-refractivity contribution is 5.57. The van der Waals surface area contributed by atoms with Gasteiger partial charge < -0.3 is 55.1 Å². The molecule has 0 saturated carbocycles. The predicted molar refractivity (Wildman–Crippen MR) is 69.8 cm³/mol. The fourth-order valence-corrected chi connectivity index (χ4v) is 2.06. The van der Waals surface area contributed by atoms with Crippen LogP contribution in [0.1, 0.15) is 0 Å². The largest absolute Gasteiger partial charge is 0.394 e. The Morgan fingerprint density at radius 2 is 1.61 bits per heavy atom. The van der Waals surface area contributed by atoms with Crippen LogP contribution in [-0.4, -0.2) is 115 Å². The van der Waals surface area contributed by atoms with Gasteiger partial charge in [0.1, 0.15) is 48.8 Å². The van der Waals surface area contributed by atoms with Crippen molar-refractivity contribution in [1.82, 2.24) is 0 Å². The Bertz CT molecular complexity index is 365. The maximum absolute atomic E-state index is 11.0. The van der Waals surface area contributed by atoms with Crippen LogP contribution in [0.25, 0.3) is 0 Å². The molecule has 0 amide bonds. The van der Waals surface area contributed by atoms with Gasteiger partial charge in [-0.2, -0.15) is 0 Å². The van der Waals surface area contributed by atoms with Gasteiger partial charge in [-0.05, 0) is 0 Å². The molecule has 0 unspecified atom stereocenters. The average molecular weight is 342 g/mol. The topological polar surface area (TPSA) is 197 Å². The highest BCUT2D eigenvalue weighted by Crippen LogP contribution is 2.23. The molecule has 9 atom stereocenters. The van der Waals surface area contributed by atoms with Gasteiger partial charge in [-0.1, -0.05) is 0 Å². The Morgan fingerprint density at radius 1 is 1.00 bits per heavy atom. The summed E-state index contributed by atoms with van der Waals surface area (Å²) in [5.41, 5.74) is 0. The third kappa shape index (κ3) is 4.64. The third-order valence-corrected chi connectivity index (χ3v) is 3.54. The molecule has 1 rings (SSSR count). The molecule has 1 heterocycles. The van der Waals surface area contributed by atoms with Crippen LogP contribution < -0.4 is 0 Å². The van der Waals surface area contributed by atoms with E-state index in [0.717, 1.165) is 0 Å². The molecular weight excluding hydrogens is 320 g/mol. The molecule has 23 heavy (non-hydrogen) atoms. The molecule has 0 spiro atoms. The zero-order valence-electron chi connectivity index (χ0n) is 12.0. The van der Waals surface area contributed by atoms with E-state index < -0.39 is 68.3 Å². The highest BCUT2D eigenvalue weighted by atomic mass is 16.7. The van der Waals surface area contributed by atoms with Crippen molar-refractivity contribution >= 4 is 6.29 Å². The van der Waals surface area contributed by atoms with Crippen molar-refractivity contribution < 1.29 is 55.1 Å². The second kappa shape index (κ2) is 8.94. The molecule has 0 aromatic rings. The molecule has 0 radical (unpaired) electrons. The van der Waals surface area contributed by atoms with Crippen LogP contribution in [0, 0.1) is 0 Å². The summed E-state index contributed by atoms with van der Waals surface area (Å²) in [5, 5.41) is 75.2. The molecular formula is C12H22O11. The molecule has 0 aromatic heterocycles. The van der Waals surface area contributed by atoms with E-state index in [0.29, 0.717) is 0 Å². The van der Waals surface area contributed by atoms with Crippen molar-refractivity contribution in [3.63, 3.8) is 0 Å². The van der Waals surface area contributed by atoms with Gasteiger partial charge in [-0.3, -0.25) is 0 Å². The molecule has 8 N–H and O–H groups in total. The molecule has 1 aliphatic rings. The third-order valence-electron chi connectivity index (χ3n) is 3.54. The van der Waals surface area contributed by atoms with E-state index >= 15 is 0 Å². The first kappa shape index (κ1) is 20.3. The van der Waals surface area contributed by atoms with E-state index in [1.54, 1.807) is 0 Å². The van der Waals surface area contributed by atoms with Crippen molar-refractivity contribution in [3.8, 4) is 0 Å². The Morgan fingerprint density at radius 3 is 2.09 bits per heavy atom. The van der Waals surface area contributed by atoms with Gasteiger partial charge in [-0.15, -0.1) is 0 Å². The van der Waals surface area contributed by atoms with Gasteiger partial charge in [-0.25, -0.2) is 0 Å². The SMILES string of the molecule is O=C[C@H](O[C@H]1O[C@H](CO)[C@@H](O)[C@H](O)[C@H]1O)[C@H](O)[C@@H](O)[C@@H](O)CO. The first-order valence-corrected chi connectivity index (χ1v) is 6.84. The number of aliphatic hydroxyl groups is 8. The number of ether oxygens (including phenoxy) is 2. The van der Waals surface area contributed by atoms with Crippen molar-refractivity contribution in [3.05, 3.63) is 0 Å². The minimum atomic E-state index is -1.97. The molecule has 1 aliphatic heterocycles. The molecule has 1 saturated heterocycles. The molecule has 136 valence electrons. The van der Waals surface area contributed by atoms with Crippen LogP contribution in [0.5, 0.6) is 0 Å². The minimum Gasteiger partial charge on any atom is -0.394 e. The number of carbonyl (C=O) groups is 1. The van der Waals surface area contributed by atoms with Crippen LogP contribution in [0.4, 0.5) is 0 Å². The number of rotatable bonds is 8. The second-order valence-electron chi connectivity index (χ2n) is 5.17. The van der Waals surface area contributed by atoms with E-state index in [-0.39, 0.29) is 6.29 Å². The van der Waals surface area contributed by atoms with E-state index in [4.69, 9.17) is 19.7 Å². The fourth-order valence-electron chi connectivity index (χ4n) is 2.06.